The average molecular weight is 839 g/mol. The molecule has 0 spiro atoms. The number of hydrogen-bond acceptors (Lipinski definition) is 10. The molecule has 314 valence electrons. The Morgan fingerprint density at radius 1 is 1.03 bits per heavy atom. The van der Waals surface area contributed by atoms with Gasteiger partial charge < -0.3 is 20.1 Å². The number of anilines is 2. The number of hydrogen-bond donors (Lipinski definition) is 3. The van der Waals surface area contributed by atoms with E-state index in [1.54, 1.807) is 12.3 Å². The van der Waals surface area contributed by atoms with E-state index in [2.05, 4.69) is 30.1 Å². The molecule has 3 aromatic heterocycles. The summed E-state index contributed by atoms with van der Waals surface area (Å²) in [6, 6.07) is 13.0. The molecular weight excluding hydrogens is 790 g/mol. The van der Waals surface area contributed by atoms with Gasteiger partial charge in [-0.1, -0.05) is 41.9 Å². The molecule has 4 aliphatic rings. The number of carboxylic acid groups (broad SMARTS) is 1. The number of fused-ring (bicyclic) bond motifs is 4. The first kappa shape index (κ1) is 40.5. The Kier molecular flexibility index (Phi) is 10.7. The Morgan fingerprint density at radius 2 is 1.82 bits per heavy atom. The number of carboxylic acids is 1. The van der Waals surface area contributed by atoms with E-state index in [1.807, 2.05) is 54.9 Å². The third-order valence-electron chi connectivity index (χ3n) is 13.7. The molecule has 2 aliphatic carbocycles. The lowest BCUT2D eigenvalue weighted by Gasteiger charge is -2.32. The van der Waals surface area contributed by atoms with Crippen molar-refractivity contribution in [3.05, 3.63) is 93.4 Å². The van der Waals surface area contributed by atoms with Crippen molar-refractivity contribution in [3.63, 3.8) is 0 Å². The number of imidazole rings is 1. The number of ketones is 1. The lowest BCUT2D eigenvalue weighted by atomic mass is 9.80. The van der Waals surface area contributed by atoms with Crippen LogP contribution >= 0.6 is 11.6 Å². The van der Waals surface area contributed by atoms with Gasteiger partial charge in [0.05, 0.1) is 27.8 Å². The van der Waals surface area contributed by atoms with E-state index in [1.165, 1.54) is 0 Å². The zero-order valence-corrected chi connectivity index (χ0v) is 34.6. The topological polar surface area (TPSA) is 150 Å². The molecule has 12 nitrogen and oxygen atoms in total. The summed E-state index contributed by atoms with van der Waals surface area (Å²) in [4.78, 5) is 48.2. The predicted octanol–water partition coefficient (Wildman–Crippen LogP) is 7.84. The first-order chi connectivity index (χ1) is 28.8. The Bertz CT molecular complexity index is 2500. The maximum absolute atomic E-state index is 14.1. The Hall–Kier alpha value is -4.89. The number of β-amino-alcohol motifs (C(OH)–C–C–N with tert-alkyl or cyclic N) is 1. The highest BCUT2D eigenvalue weighted by molar-refractivity contribution is 6.34. The molecule has 2 aromatic carbocycles. The number of carbonyl (C=O) groups is 2. The van der Waals surface area contributed by atoms with Gasteiger partial charge in [0.1, 0.15) is 5.52 Å². The van der Waals surface area contributed by atoms with Gasteiger partial charge in [-0.15, -0.1) is 0 Å². The molecule has 2 saturated carbocycles. The lowest BCUT2D eigenvalue weighted by Crippen LogP contribution is -2.34. The van der Waals surface area contributed by atoms with Crippen molar-refractivity contribution in [2.75, 3.05) is 31.5 Å². The molecule has 15 heteroatoms. The van der Waals surface area contributed by atoms with E-state index >= 15 is 0 Å². The number of halogens is 3. The fraction of sp³-hybridized carbons (Fsp3) is 0.467. The van der Waals surface area contributed by atoms with Crippen molar-refractivity contribution in [2.45, 2.75) is 90.3 Å². The molecule has 0 amide bonds. The number of pyridine rings is 1. The Labute approximate surface area is 352 Å². The van der Waals surface area contributed by atoms with E-state index in [-0.39, 0.29) is 29.5 Å². The molecule has 60 heavy (non-hydrogen) atoms. The van der Waals surface area contributed by atoms with Crippen LogP contribution in [0, 0.1) is 17.8 Å². The molecule has 2 bridgehead atoms. The van der Waals surface area contributed by atoms with Gasteiger partial charge in [-0.2, -0.15) is 0 Å². The van der Waals surface area contributed by atoms with Crippen LogP contribution in [0.15, 0.2) is 48.7 Å². The van der Waals surface area contributed by atoms with Crippen LogP contribution in [-0.4, -0.2) is 88.6 Å². The Balaban J connectivity index is 0.907. The molecule has 1 atom stereocenters. The molecule has 5 heterocycles. The number of nitrogens with one attached hydrogen (secondary N) is 1. The fourth-order valence-corrected chi connectivity index (χ4v) is 10.6. The molecule has 3 N–H and O–H groups in total. The van der Waals surface area contributed by atoms with Crippen molar-refractivity contribution in [1.82, 2.24) is 34.3 Å². The van der Waals surface area contributed by atoms with Crippen LogP contribution in [0.5, 0.6) is 0 Å². The fourth-order valence-electron chi connectivity index (χ4n) is 10.3. The van der Waals surface area contributed by atoms with E-state index in [9.17, 15) is 28.6 Å². The standard InChI is InChI=1S/C45H49ClF2N8O4/c1-26-30(6-4-8-32(26)50-40-38-33(51-41(53-40)39(47)48)19-27(21-49-38)22-56-16-9-29(57)23-56)31-7-3-5-28(37(31)46)20-36(58)42-52-34-24-55(17-10-35(34)54(42)2)18-15-44-11-13-45(25-44,14-12-44)43(59)60/h3-8,19,21,29,39,57H,9-18,20,22-25H2,1-2H3,(H,59,60)(H,50,51,53)/t29-,44?,45?/m1/s1. The minimum absolute atomic E-state index is 0.0558. The van der Waals surface area contributed by atoms with Crippen LogP contribution < -0.4 is 5.32 Å². The third-order valence-corrected chi connectivity index (χ3v) is 14.2. The molecule has 9 rings (SSSR count). The second-order valence-corrected chi connectivity index (χ2v) is 17.9. The zero-order valence-electron chi connectivity index (χ0n) is 33.9. The van der Waals surface area contributed by atoms with Crippen LogP contribution in [0.3, 0.4) is 0 Å². The van der Waals surface area contributed by atoms with E-state index in [4.69, 9.17) is 16.6 Å². The van der Waals surface area contributed by atoms with Gasteiger partial charge in [-0.3, -0.25) is 24.4 Å². The van der Waals surface area contributed by atoms with Crippen LogP contribution in [0.1, 0.15) is 95.9 Å². The normalized spacial score (nSPS) is 22.9. The number of aliphatic hydroxyl groups is 1. The van der Waals surface area contributed by atoms with E-state index in [0.29, 0.717) is 59.2 Å². The van der Waals surface area contributed by atoms with Gasteiger partial charge >= 0.3 is 5.97 Å². The highest BCUT2D eigenvalue weighted by Gasteiger charge is 2.57. The number of carbonyl (C=O) groups excluding carboxylic acids is 1. The molecule has 1 saturated heterocycles. The molecular formula is C45H49ClF2N8O4. The van der Waals surface area contributed by atoms with E-state index < -0.39 is 23.6 Å². The number of rotatable bonds is 13. The summed E-state index contributed by atoms with van der Waals surface area (Å²) in [5.74, 6) is -0.822. The number of nitrogens with zero attached hydrogens (tertiary/aromatic N) is 7. The summed E-state index contributed by atoms with van der Waals surface area (Å²) in [5.41, 5.74) is 6.63. The van der Waals surface area contributed by atoms with Crippen molar-refractivity contribution in [1.29, 1.82) is 0 Å². The quantitative estimate of drug-likeness (QED) is 0.0996. The number of aliphatic hydroxyl groups excluding tert-OH is 1. The second kappa shape index (κ2) is 15.9. The molecule has 0 unspecified atom stereocenters. The maximum Gasteiger partial charge on any atom is 0.309 e. The van der Waals surface area contributed by atoms with Crippen LogP contribution in [0.25, 0.3) is 22.2 Å². The minimum Gasteiger partial charge on any atom is -0.481 e. The second-order valence-electron chi connectivity index (χ2n) is 17.5. The minimum atomic E-state index is -2.90. The number of likely N-dealkylation sites (tertiary alicyclic amines) is 1. The monoisotopic (exact) mass is 838 g/mol. The highest BCUT2D eigenvalue weighted by Crippen LogP contribution is 2.63. The largest absolute Gasteiger partial charge is 0.481 e. The molecule has 0 radical (unpaired) electrons. The van der Waals surface area contributed by atoms with Crippen LogP contribution in [-0.2, 0) is 37.8 Å². The summed E-state index contributed by atoms with van der Waals surface area (Å²) >= 11 is 7.11. The lowest BCUT2D eigenvalue weighted by molar-refractivity contribution is -0.148. The van der Waals surface area contributed by atoms with Gasteiger partial charge in [-0.05, 0) is 98.2 Å². The SMILES string of the molecule is Cc1c(Nc2nc(C(F)F)nc3cc(CN4CC[C@@H](O)C4)cnc23)cccc1-c1cccc(CC(=O)c2nc3c(n2C)CCN(CCC24CCC(C(=O)O)(CC2)C4)C3)c1Cl. The van der Waals surface area contributed by atoms with Crippen molar-refractivity contribution in [3.8, 4) is 11.1 Å². The first-order valence-corrected chi connectivity index (χ1v) is 21.2. The third kappa shape index (κ3) is 7.56. The van der Waals surface area contributed by atoms with Gasteiger partial charge in [0.2, 0.25) is 5.78 Å². The molecule has 2 aliphatic heterocycles. The number of aliphatic carboxylic acids is 1. The van der Waals surface area contributed by atoms with Gasteiger partial charge in [0, 0.05) is 75.8 Å². The van der Waals surface area contributed by atoms with Crippen molar-refractivity contribution >= 4 is 45.9 Å². The van der Waals surface area contributed by atoms with Crippen LogP contribution in [0.2, 0.25) is 5.02 Å². The number of alkyl halides is 2. The number of aromatic nitrogens is 5. The number of benzene rings is 2. The summed E-state index contributed by atoms with van der Waals surface area (Å²) in [6.45, 7) is 6.13. The van der Waals surface area contributed by atoms with Crippen molar-refractivity contribution < 1.29 is 28.6 Å². The van der Waals surface area contributed by atoms with Crippen LogP contribution in [0.4, 0.5) is 20.3 Å². The molecule has 5 aromatic rings. The summed E-state index contributed by atoms with van der Waals surface area (Å²) in [7, 11) is 1.90. The van der Waals surface area contributed by atoms with Gasteiger partial charge in [0.15, 0.2) is 17.5 Å². The predicted molar refractivity (Wildman–Crippen MR) is 224 cm³/mol. The van der Waals surface area contributed by atoms with E-state index in [0.717, 1.165) is 98.2 Å². The maximum atomic E-state index is 14.1. The van der Waals surface area contributed by atoms with Gasteiger partial charge in [0.25, 0.3) is 6.43 Å². The Morgan fingerprint density at radius 3 is 2.55 bits per heavy atom. The summed E-state index contributed by atoms with van der Waals surface area (Å²) in [5, 5.41) is 23.5. The highest BCUT2D eigenvalue weighted by atomic mass is 35.5. The molecule has 3 fully saturated rings. The van der Waals surface area contributed by atoms with Gasteiger partial charge in [-0.25, -0.2) is 23.7 Å². The summed E-state index contributed by atoms with van der Waals surface area (Å²) < 4.78 is 30.1. The summed E-state index contributed by atoms with van der Waals surface area (Å²) in [6.07, 6.45) is 5.28. The smallest absolute Gasteiger partial charge is 0.309 e. The average Bonchev–Trinajstić information content (AvgIpc) is 4.01. The zero-order chi connectivity index (χ0) is 41.9. The van der Waals surface area contributed by atoms with Crippen molar-refractivity contribution in [2.24, 2.45) is 17.9 Å². The first-order valence-electron chi connectivity index (χ1n) is 20.8. The number of Topliss-reactive ketones (excluding diaryl/α,β-unsaturated/α-hetero) is 1.